The number of carbonyl (C=O) groups is 2. The van der Waals surface area contributed by atoms with E-state index < -0.39 is 6.03 Å². The van der Waals surface area contributed by atoms with Gasteiger partial charge in [0.05, 0.1) is 17.3 Å². The highest BCUT2D eigenvalue weighted by Crippen LogP contribution is 2.33. The fraction of sp³-hybridized carbons (Fsp3) is 0.118. The first-order valence-corrected chi connectivity index (χ1v) is 7.16. The van der Waals surface area contributed by atoms with Crippen LogP contribution in [-0.2, 0) is 4.79 Å². The predicted octanol–water partition coefficient (Wildman–Crippen LogP) is 2.52. The van der Waals surface area contributed by atoms with Gasteiger partial charge in [0.1, 0.15) is 13.2 Å². The van der Waals surface area contributed by atoms with Crippen LogP contribution in [0.15, 0.2) is 42.5 Å². The maximum atomic E-state index is 12.3. The third-order valence-corrected chi connectivity index (χ3v) is 3.37. The normalized spacial score (nSPS) is 12.0. The van der Waals surface area contributed by atoms with E-state index in [0.717, 1.165) is 4.90 Å². The molecule has 1 N–H and O–H groups in total. The topological polar surface area (TPSA) is 91.7 Å². The molecule has 0 saturated carbocycles. The highest BCUT2D eigenvalue weighted by atomic mass is 16.6. The molecule has 3 rings (SSSR count). The molecular weight excluding hydrogens is 310 g/mol. The lowest BCUT2D eigenvalue weighted by atomic mass is 10.2. The minimum atomic E-state index is -0.642. The Bertz CT molecular complexity index is 829. The van der Waals surface area contributed by atoms with Gasteiger partial charge in [-0.3, -0.25) is 4.79 Å². The molecule has 120 valence electrons. The molecule has 0 fully saturated rings. The van der Waals surface area contributed by atoms with Crippen molar-refractivity contribution in [2.24, 2.45) is 0 Å². The summed E-state index contributed by atoms with van der Waals surface area (Å²) in [6, 6.07) is 12.6. The molecular formula is C17H13N3O4. The lowest BCUT2D eigenvalue weighted by molar-refractivity contribution is -0.106. The summed E-state index contributed by atoms with van der Waals surface area (Å²) in [6.07, 6.45) is 0.412. The first kappa shape index (κ1) is 15.4. The van der Waals surface area contributed by atoms with Gasteiger partial charge in [-0.25, -0.2) is 9.69 Å². The van der Waals surface area contributed by atoms with E-state index in [1.807, 2.05) is 6.07 Å². The maximum absolute atomic E-state index is 12.3. The van der Waals surface area contributed by atoms with Gasteiger partial charge in [0.25, 0.3) is 0 Å². The van der Waals surface area contributed by atoms with E-state index in [4.69, 9.17) is 14.7 Å². The average Bonchev–Trinajstić information content (AvgIpc) is 2.62. The molecule has 7 heteroatoms. The van der Waals surface area contributed by atoms with E-state index in [1.165, 1.54) is 6.07 Å². The van der Waals surface area contributed by atoms with Gasteiger partial charge in [0.2, 0.25) is 6.41 Å². The molecule has 1 aliphatic heterocycles. The Kier molecular flexibility index (Phi) is 4.29. The Morgan fingerprint density at radius 3 is 2.71 bits per heavy atom. The Morgan fingerprint density at radius 1 is 1.17 bits per heavy atom. The van der Waals surface area contributed by atoms with E-state index in [2.05, 4.69) is 5.32 Å². The molecule has 1 heterocycles. The summed E-state index contributed by atoms with van der Waals surface area (Å²) < 4.78 is 10.9. The molecule has 0 spiro atoms. The lowest BCUT2D eigenvalue weighted by Crippen LogP contribution is -2.33. The minimum Gasteiger partial charge on any atom is -0.486 e. The predicted molar refractivity (Wildman–Crippen MR) is 86.2 cm³/mol. The summed E-state index contributed by atoms with van der Waals surface area (Å²) in [7, 11) is 0. The van der Waals surface area contributed by atoms with Gasteiger partial charge in [0, 0.05) is 11.8 Å². The van der Waals surface area contributed by atoms with Gasteiger partial charge < -0.3 is 14.8 Å². The van der Waals surface area contributed by atoms with Gasteiger partial charge in [0.15, 0.2) is 11.5 Å². The van der Waals surface area contributed by atoms with Crippen molar-refractivity contribution in [3.8, 4) is 17.6 Å². The van der Waals surface area contributed by atoms with Crippen LogP contribution in [0, 0.1) is 11.3 Å². The minimum absolute atomic E-state index is 0.350. The molecule has 0 aromatic heterocycles. The highest BCUT2D eigenvalue weighted by Gasteiger charge is 2.19. The van der Waals surface area contributed by atoms with Crippen molar-refractivity contribution in [2.75, 3.05) is 23.4 Å². The number of anilines is 2. The molecule has 0 bridgehead atoms. The van der Waals surface area contributed by atoms with Crippen molar-refractivity contribution in [1.82, 2.24) is 0 Å². The number of nitrogens with zero attached hydrogens (tertiary/aromatic N) is 2. The van der Waals surface area contributed by atoms with Crippen LogP contribution < -0.4 is 19.7 Å². The summed E-state index contributed by atoms with van der Waals surface area (Å²) in [5.74, 6) is 1.04. The van der Waals surface area contributed by atoms with Gasteiger partial charge >= 0.3 is 6.03 Å². The number of rotatable bonds is 3. The summed E-state index contributed by atoms with van der Waals surface area (Å²) in [5.41, 5.74) is 1.18. The fourth-order valence-corrected chi connectivity index (χ4v) is 2.26. The zero-order valence-corrected chi connectivity index (χ0v) is 12.6. The second kappa shape index (κ2) is 6.71. The Labute approximate surface area is 138 Å². The quantitative estimate of drug-likeness (QED) is 0.876. The summed E-state index contributed by atoms with van der Waals surface area (Å²) in [5, 5.41) is 11.5. The monoisotopic (exact) mass is 323 g/mol. The summed E-state index contributed by atoms with van der Waals surface area (Å²) in [6.45, 7) is 0.865. The van der Waals surface area contributed by atoms with Crippen LogP contribution in [-0.4, -0.2) is 25.7 Å². The third-order valence-electron chi connectivity index (χ3n) is 3.37. The summed E-state index contributed by atoms with van der Waals surface area (Å²) in [4.78, 5) is 24.6. The first-order chi connectivity index (χ1) is 11.7. The number of fused-ring (bicyclic) bond motifs is 1. The van der Waals surface area contributed by atoms with Crippen molar-refractivity contribution in [2.45, 2.75) is 0 Å². The fourth-order valence-electron chi connectivity index (χ4n) is 2.26. The molecule has 0 saturated heterocycles. The van der Waals surface area contributed by atoms with E-state index in [9.17, 15) is 9.59 Å². The lowest BCUT2D eigenvalue weighted by Gasteiger charge is -2.21. The number of benzene rings is 2. The summed E-state index contributed by atoms with van der Waals surface area (Å²) >= 11 is 0. The van der Waals surface area contributed by atoms with Crippen LogP contribution >= 0.6 is 0 Å². The Hall–Kier alpha value is -3.53. The van der Waals surface area contributed by atoms with Crippen LogP contribution in [0.4, 0.5) is 16.2 Å². The number of nitrogens with one attached hydrogen (secondary N) is 1. The van der Waals surface area contributed by atoms with Crippen LogP contribution in [0.25, 0.3) is 0 Å². The molecule has 24 heavy (non-hydrogen) atoms. The van der Waals surface area contributed by atoms with Gasteiger partial charge in [-0.15, -0.1) is 0 Å². The number of hydrogen-bond donors (Lipinski definition) is 1. The number of imide groups is 1. The smallest absolute Gasteiger partial charge is 0.332 e. The van der Waals surface area contributed by atoms with Crippen LogP contribution in [0.1, 0.15) is 5.56 Å². The molecule has 7 nitrogen and oxygen atoms in total. The third kappa shape index (κ3) is 3.13. The number of urea groups is 1. The molecule has 0 radical (unpaired) electrons. The standard InChI is InChI=1S/C17H13N3O4/c18-10-12-2-1-3-13(8-12)19-17(22)20(11-21)14-4-5-15-16(9-14)24-7-6-23-15/h1-5,8-9,11H,6-7H2,(H,19,22). The number of hydrogen-bond acceptors (Lipinski definition) is 5. The van der Waals surface area contributed by atoms with E-state index in [1.54, 1.807) is 36.4 Å². The largest absolute Gasteiger partial charge is 0.486 e. The zero-order chi connectivity index (χ0) is 16.9. The van der Waals surface area contributed by atoms with Crippen molar-refractivity contribution < 1.29 is 19.1 Å². The molecule has 0 aliphatic carbocycles. The molecule has 3 amide bonds. The van der Waals surface area contributed by atoms with Crippen molar-refractivity contribution in [3.05, 3.63) is 48.0 Å². The van der Waals surface area contributed by atoms with Crippen LogP contribution in [0.3, 0.4) is 0 Å². The molecule has 0 atom stereocenters. The second-order valence-corrected chi connectivity index (χ2v) is 4.93. The van der Waals surface area contributed by atoms with Crippen molar-refractivity contribution in [1.29, 1.82) is 5.26 Å². The first-order valence-electron chi connectivity index (χ1n) is 7.16. The number of ether oxygens (including phenoxy) is 2. The SMILES string of the molecule is N#Cc1cccc(NC(=O)N(C=O)c2ccc3c(c2)OCCO3)c1. The van der Waals surface area contributed by atoms with Crippen LogP contribution in [0.5, 0.6) is 11.5 Å². The molecule has 0 unspecified atom stereocenters. The Balaban J connectivity index is 1.81. The van der Waals surface area contributed by atoms with E-state index in [-0.39, 0.29) is 0 Å². The molecule has 1 aliphatic rings. The number of carbonyl (C=O) groups excluding carboxylic acids is 2. The van der Waals surface area contributed by atoms with Gasteiger partial charge in [-0.1, -0.05) is 6.07 Å². The zero-order valence-electron chi connectivity index (χ0n) is 12.6. The number of amides is 3. The van der Waals surface area contributed by atoms with Crippen molar-refractivity contribution >= 4 is 23.8 Å². The average molecular weight is 323 g/mol. The van der Waals surface area contributed by atoms with Gasteiger partial charge in [-0.05, 0) is 30.3 Å². The number of nitriles is 1. The highest BCUT2D eigenvalue weighted by molar-refractivity contribution is 6.12. The molecule has 2 aromatic carbocycles. The van der Waals surface area contributed by atoms with Crippen LogP contribution in [0.2, 0.25) is 0 Å². The van der Waals surface area contributed by atoms with E-state index >= 15 is 0 Å². The van der Waals surface area contributed by atoms with Crippen molar-refractivity contribution in [3.63, 3.8) is 0 Å². The maximum Gasteiger partial charge on any atom is 0.332 e. The Morgan fingerprint density at radius 2 is 1.96 bits per heavy atom. The van der Waals surface area contributed by atoms with Gasteiger partial charge in [-0.2, -0.15) is 5.26 Å². The van der Waals surface area contributed by atoms with E-state index in [0.29, 0.717) is 48.1 Å². The molecule has 2 aromatic rings. The second-order valence-electron chi connectivity index (χ2n) is 4.93.